The minimum Gasteiger partial charge on any atom is -0.299 e. The van der Waals surface area contributed by atoms with Crippen LogP contribution in [0.15, 0.2) is 4.99 Å². The molecule has 1 aliphatic rings. The van der Waals surface area contributed by atoms with Crippen molar-refractivity contribution in [3.8, 4) is 0 Å². The first kappa shape index (κ1) is 8.85. The van der Waals surface area contributed by atoms with Crippen molar-refractivity contribution in [3.63, 3.8) is 0 Å². The summed E-state index contributed by atoms with van der Waals surface area (Å²) >= 11 is 4.49. The molecular formula is C8H14N2S. The van der Waals surface area contributed by atoms with E-state index in [1.165, 1.54) is 12.8 Å². The predicted molar refractivity (Wildman–Crippen MR) is 50.2 cm³/mol. The van der Waals surface area contributed by atoms with E-state index >= 15 is 0 Å². The number of isothiocyanates is 1. The molecule has 0 bridgehead atoms. The van der Waals surface area contributed by atoms with Crippen LogP contribution in [0.1, 0.15) is 19.8 Å². The van der Waals surface area contributed by atoms with Gasteiger partial charge < -0.3 is 0 Å². The Hall–Kier alpha value is -0.240. The summed E-state index contributed by atoms with van der Waals surface area (Å²) in [5, 5.41) is 2.39. The molecule has 0 N–H and O–H groups in total. The third-order valence-corrected chi connectivity index (χ3v) is 2.16. The van der Waals surface area contributed by atoms with E-state index in [4.69, 9.17) is 0 Å². The zero-order valence-corrected chi connectivity index (χ0v) is 7.73. The van der Waals surface area contributed by atoms with E-state index in [0.29, 0.717) is 0 Å². The molecule has 0 spiro atoms. The van der Waals surface area contributed by atoms with Gasteiger partial charge in [-0.15, -0.1) is 0 Å². The average molecular weight is 170 g/mol. The van der Waals surface area contributed by atoms with Crippen LogP contribution in [-0.4, -0.2) is 35.7 Å². The Morgan fingerprint density at radius 1 is 1.64 bits per heavy atom. The Bertz CT molecular complexity index is 159. The van der Waals surface area contributed by atoms with Crippen LogP contribution in [-0.2, 0) is 0 Å². The number of aliphatic imine (C=N–C) groups is 1. The van der Waals surface area contributed by atoms with Crippen molar-refractivity contribution in [2.24, 2.45) is 4.99 Å². The van der Waals surface area contributed by atoms with Gasteiger partial charge in [0, 0.05) is 12.6 Å². The molecule has 1 saturated carbocycles. The quantitative estimate of drug-likeness (QED) is 0.460. The van der Waals surface area contributed by atoms with E-state index in [2.05, 4.69) is 34.2 Å². The minimum atomic E-state index is 0.813. The molecule has 1 fully saturated rings. The molecule has 0 amide bonds. The molecule has 0 unspecified atom stereocenters. The van der Waals surface area contributed by atoms with Gasteiger partial charge in [0.25, 0.3) is 0 Å². The predicted octanol–water partition coefficient (Wildman–Crippen LogP) is 1.57. The average Bonchev–Trinajstić information content (AvgIpc) is 2.81. The molecule has 0 aliphatic heterocycles. The maximum atomic E-state index is 4.49. The fourth-order valence-electron chi connectivity index (χ4n) is 1.26. The van der Waals surface area contributed by atoms with Crippen LogP contribution in [0.25, 0.3) is 0 Å². The topological polar surface area (TPSA) is 15.6 Å². The molecule has 1 rings (SSSR count). The molecule has 0 radical (unpaired) electrons. The van der Waals surface area contributed by atoms with Crippen molar-refractivity contribution >= 4 is 17.4 Å². The van der Waals surface area contributed by atoms with Gasteiger partial charge in [-0.2, -0.15) is 0 Å². The first-order valence-electron chi connectivity index (χ1n) is 4.16. The molecule has 0 saturated heterocycles. The van der Waals surface area contributed by atoms with E-state index in [0.717, 1.165) is 25.7 Å². The van der Waals surface area contributed by atoms with Crippen LogP contribution in [0.4, 0.5) is 0 Å². The lowest BCUT2D eigenvalue weighted by Gasteiger charge is -2.17. The molecule has 62 valence electrons. The Morgan fingerprint density at radius 3 is 2.82 bits per heavy atom. The molecule has 0 aromatic rings. The van der Waals surface area contributed by atoms with Crippen LogP contribution < -0.4 is 0 Å². The molecule has 1 aliphatic carbocycles. The van der Waals surface area contributed by atoms with Crippen LogP contribution >= 0.6 is 12.2 Å². The normalized spacial score (nSPS) is 16.5. The number of thiocarbonyl (C=S) groups is 1. The highest BCUT2D eigenvalue weighted by atomic mass is 32.1. The van der Waals surface area contributed by atoms with Gasteiger partial charge >= 0.3 is 0 Å². The maximum absolute atomic E-state index is 4.49. The lowest BCUT2D eigenvalue weighted by atomic mass is 10.4. The number of likely N-dealkylation sites (N-methyl/N-ethyl adjacent to an activating group) is 1. The fraction of sp³-hybridized carbons (Fsp3) is 0.875. The van der Waals surface area contributed by atoms with Crippen LogP contribution in [0, 0.1) is 0 Å². The van der Waals surface area contributed by atoms with Gasteiger partial charge in [-0.25, -0.2) is 4.99 Å². The summed E-state index contributed by atoms with van der Waals surface area (Å²) in [5.41, 5.74) is 0. The van der Waals surface area contributed by atoms with Gasteiger partial charge in [0.05, 0.1) is 11.7 Å². The molecule has 0 atom stereocenters. The van der Waals surface area contributed by atoms with Gasteiger partial charge in [-0.05, 0) is 31.6 Å². The molecule has 0 aromatic heterocycles. The van der Waals surface area contributed by atoms with Crippen LogP contribution in [0.3, 0.4) is 0 Å². The zero-order valence-electron chi connectivity index (χ0n) is 6.92. The molecular weight excluding hydrogens is 156 g/mol. The molecule has 3 heteroatoms. The highest BCUT2D eigenvalue weighted by molar-refractivity contribution is 7.78. The molecule has 0 aromatic carbocycles. The second-order valence-electron chi connectivity index (χ2n) is 2.83. The monoisotopic (exact) mass is 170 g/mol. The van der Waals surface area contributed by atoms with E-state index in [1.807, 2.05) is 0 Å². The van der Waals surface area contributed by atoms with E-state index in [9.17, 15) is 0 Å². The summed E-state index contributed by atoms with van der Waals surface area (Å²) in [6.45, 7) is 5.19. The van der Waals surface area contributed by atoms with Crippen molar-refractivity contribution in [1.82, 2.24) is 4.90 Å². The summed E-state index contributed by atoms with van der Waals surface area (Å²) < 4.78 is 0. The maximum Gasteiger partial charge on any atom is 0.0620 e. The number of hydrogen-bond donors (Lipinski definition) is 0. The third kappa shape index (κ3) is 3.10. The van der Waals surface area contributed by atoms with E-state index < -0.39 is 0 Å². The molecule has 11 heavy (non-hydrogen) atoms. The summed E-state index contributed by atoms with van der Waals surface area (Å²) in [5.74, 6) is 0. The largest absolute Gasteiger partial charge is 0.299 e. The lowest BCUT2D eigenvalue weighted by Crippen LogP contribution is -2.28. The SMILES string of the molecule is CCN(CCN=C=S)C1CC1. The number of nitrogens with zero attached hydrogens (tertiary/aromatic N) is 2. The van der Waals surface area contributed by atoms with Crippen LogP contribution in [0.5, 0.6) is 0 Å². The summed E-state index contributed by atoms with van der Waals surface area (Å²) in [7, 11) is 0. The molecule has 2 nitrogen and oxygen atoms in total. The highest BCUT2D eigenvalue weighted by Crippen LogP contribution is 2.25. The highest BCUT2D eigenvalue weighted by Gasteiger charge is 2.26. The standard InChI is InChI=1S/C8H14N2S/c1-2-10(8-3-4-8)6-5-9-7-11/h8H,2-6H2,1H3. The van der Waals surface area contributed by atoms with Gasteiger partial charge in [0.15, 0.2) is 0 Å². The summed E-state index contributed by atoms with van der Waals surface area (Å²) in [4.78, 5) is 6.35. The Balaban J connectivity index is 2.14. The Labute approximate surface area is 73.3 Å². The van der Waals surface area contributed by atoms with Crippen molar-refractivity contribution in [3.05, 3.63) is 0 Å². The van der Waals surface area contributed by atoms with Gasteiger partial charge in [0.1, 0.15) is 0 Å². The van der Waals surface area contributed by atoms with Crippen LogP contribution in [0.2, 0.25) is 0 Å². The van der Waals surface area contributed by atoms with Gasteiger partial charge in [0.2, 0.25) is 0 Å². The molecule has 0 heterocycles. The van der Waals surface area contributed by atoms with E-state index in [-0.39, 0.29) is 0 Å². The second-order valence-corrected chi connectivity index (χ2v) is 3.02. The van der Waals surface area contributed by atoms with Crippen molar-refractivity contribution in [1.29, 1.82) is 0 Å². The zero-order chi connectivity index (χ0) is 8.10. The van der Waals surface area contributed by atoms with Gasteiger partial charge in [-0.1, -0.05) is 6.92 Å². The first-order valence-corrected chi connectivity index (χ1v) is 4.57. The third-order valence-electron chi connectivity index (χ3n) is 2.03. The van der Waals surface area contributed by atoms with E-state index in [1.54, 1.807) is 0 Å². The number of hydrogen-bond acceptors (Lipinski definition) is 3. The Morgan fingerprint density at radius 2 is 2.36 bits per heavy atom. The minimum absolute atomic E-state index is 0.813. The lowest BCUT2D eigenvalue weighted by molar-refractivity contribution is 0.286. The van der Waals surface area contributed by atoms with Crippen molar-refractivity contribution < 1.29 is 0 Å². The summed E-state index contributed by atoms with van der Waals surface area (Å²) in [6, 6.07) is 0.848. The van der Waals surface area contributed by atoms with Gasteiger partial charge in [-0.3, -0.25) is 4.90 Å². The fourth-order valence-corrected chi connectivity index (χ4v) is 1.35. The Kier molecular flexibility index (Phi) is 3.70. The summed E-state index contributed by atoms with van der Waals surface area (Å²) in [6.07, 6.45) is 2.74. The van der Waals surface area contributed by atoms with Crippen molar-refractivity contribution in [2.45, 2.75) is 25.8 Å². The second kappa shape index (κ2) is 4.60. The smallest absolute Gasteiger partial charge is 0.0620 e. The number of rotatable bonds is 5. The van der Waals surface area contributed by atoms with Crippen molar-refractivity contribution in [2.75, 3.05) is 19.6 Å². The first-order chi connectivity index (χ1) is 5.38.